The number of hydrogen-bond acceptors (Lipinski definition) is 1. The molecule has 0 radical (unpaired) electrons. The van der Waals surface area contributed by atoms with E-state index in [0.717, 1.165) is 12.0 Å². The van der Waals surface area contributed by atoms with Gasteiger partial charge in [0.25, 0.3) is 0 Å². The molecule has 2 aromatic rings. The molecule has 0 saturated carbocycles. The Kier molecular flexibility index (Phi) is 3.38. The molecule has 0 aromatic heterocycles. The first-order chi connectivity index (χ1) is 8.19. The molecule has 0 fully saturated rings. The molecule has 0 bridgehead atoms. The van der Waals surface area contributed by atoms with Crippen LogP contribution >= 0.6 is 0 Å². The van der Waals surface area contributed by atoms with E-state index in [9.17, 15) is 4.79 Å². The van der Waals surface area contributed by atoms with Gasteiger partial charge >= 0.3 is 0 Å². The predicted molar refractivity (Wildman–Crippen MR) is 72.2 cm³/mol. The van der Waals surface area contributed by atoms with E-state index < -0.39 is 0 Å². The van der Waals surface area contributed by atoms with Crippen molar-refractivity contribution in [3.05, 3.63) is 60.2 Å². The monoisotopic (exact) mass is 224 g/mol. The van der Waals surface area contributed by atoms with Crippen LogP contribution in [0.2, 0.25) is 0 Å². The Labute approximate surface area is 102 Å². The van der Waals surface area contributed by atoms with Crippen LogP contribution in [0.1, 0.15) is 18.1 Å². The zero-order chi connectivity index (χ0) is 12.3. The van der Waals surface area contributed by atoms with E-state index in [1.165, 1.54) is 16.3 Å². The second-order valence-electron chi connectivity index (χ2n) is 4.39. The number of carbonyl (C=O) groups is 1. The molecule has 0 unspecified atom stereocenters. The molecule has 0 heterocycles. The Morgan fingerprint density at radius 2 is 1.76 bits per heavy atom. The number of ketones is 1. The predicted octanol–water partition coefficient (Wildman–Crippen LogP) is 3.70. The molecule has 0 aliphatic heterocycles. The maximum atomic E-state index is 11.1. The molecule has 0 atom stereocenters. The summed E-state index contributed by atoms with van der Waals surface area (Å²) in [7, 11) is 0. The maximum Gasteiger partial charge on any atom is 0.134 e. The van der Waals surface area contributed by atoms with Crippen molar-refractivity contribution in [3.63, 3.8) is 0 Å². The largest absolute Gasteiger partial charge is 0.300 e. The molecular formula is C16H16O. The first kappa shape index (κ1) is 11.6. The smallest absolute Gasteiger partial charge is 0.134 e. The van der Waals surface area contributed by atoms with Gasteiger partial charge in [-0.05, 0) is 35.2 Å². The van der Waals surface area contributed by atoms with Gasteiger partial charge in [-0.2, -0.15) is 0 Å². The Hall–Kier alpha value is -1.89. The van der Waals surface area contributed by atoms with Crippen LogP contribution in [-0.4, -0.2) is 5.78 Å². The van der Waals surface area contributed by atoms with Gasteiger partial charge in [0.15, 0.2) is 0 Å². The van der Waals surface area contributed by atoms with Crippen molar-refractivity contribution in [3.8, 4) is 0 Å². The van der Waals surface area contributed by atoms with Crippen LogP contribution in [0.3, 0.4) is 0 Å². The molecule has 0 amide bonds. The highest BCUT2D eigenvalue weighted by molar-refractivity contribution is 5.86. The molecule has 1 nitrogen and oxygen atoms in total. The lowest BCUT2D eigenvalue weighted by molar-refractivity contribution is -0.116. The minimum Gasteiger partial charge on any atom is -0.300 e. The minimum atomic E-state index is 0.201. The summed E-state index contributed by atoms with van der Waals surface area (Å²) in [5, 5.41) is 2.41. The molecule has 0 spiro atoms. The zero-order valence-electron chi connectivity index (χ0n) is 10.1. The summed E-state index contributed by atoms with van der Waals surface area (Å²) in [4.78, 5) is 11.1. The van der Waals surface area contributed by atoms with Crippen molar-refractivity contribution in [2.75, 3.05) is 0 Å². The summed E-state index contributed by atoms with van der Waals surface area (Å²) in [6.45, 7) is 5.37. The summed E-state index contributed by atoms with van der Waals surface area (Å²) in [5.74, 6) is 0.201. The van der Waals surface area contributed by atoms with Gasteiger partial charge in [-0.25, -0.2) is 0 Å². The summed E-state index contributed by atoms with van der Waals surface area (Å²) in [6.07, 6.45) is 3.30. The van der Waals surface area contributed by atoms with Gasteiger partial charge in [-0.3, -0.25) is 4.79 Å². The van der Waals surface area contributed by atoms with Gasteiger partial charge in [0.1, 0.15) is 5.78 Å². The van der Waals surface area contributed by atoms with Crippen molar-refractivity contribution in [1.29, 1.82) is 0 Å². The SMILES string of the molecule is C=CCc1ccc2ccc(CC(C)=O)cc2c1. The molecule has 86 valence electrons. The van der Waals surface area contributed by atoms with E-state index >= 15 is 0 Å². The van der Waals surface area contributed by atoms with E-state index in [-0.39, 0.29) is 5.78 Å². The molecule has 1 heteroatoms. The number of Topliss-reactive ketones (excluding diaryl/α,β-unsaturated/α-hetero) is 1. The fourth-order valence-electron chi connectivity index (χ4n) is 2.04. The fraction of sp³-hybridized carbons (Fsp3) is 0.188. The van der Waals surface area contributed by atoms with Crippen LogP contribution in [-0.2, 0) is 17.6 Å². The van der Waals surface area contributed by atoms with Gasteiger partial charge in [0.2, 0.25) is 0 Å². The van der Waals surface area contributed by atoms with Crippen molar-refractivity contribution in [2.24, 2.45) is 0 Å². The van der Waals surface area contributed by atoms with Gasteiger partial charge < -0.3 is 0 Å². The van der Waals surface area contributed by atoms with Crippen molar-refractivity contribution in [2.45, 2.75) is 19.8 Å². The average Bonchev–Trinajstić information content (AvgIpc) is 2.28. The Balaban J connectivity index is 2.42. The first-order valence-corrected chi connectivity index (χ1v) is 5.81. The number of fused-ring (bicyclic) bond motifs is 1. The number of allylic oxidation sites excluding steroid dienone is 1. The lowest BCUT2D eigenvalue weighted by atomic mass is 10.0. The van der Waals surface area contributed by atoms with Gasteiger partial charge in [-0.1, -0.05) is 42.5 Å². The molecule has 0 saturated heterocycles. The van der Waals surface area contributed by atoms with Crippen molar-refractivity contribution >= 4 is 16.6 Å². The Bertz CT molecular complexity index is 567. The Morgan fingerprint density at radius 1 is 1.12 bits per heavy atom. The minimum absolute atomic E-state index is 0.201. The van der Waals surface area contributed by atoms with Crippen LogP contribution < -0.4 is 0 Å². The van der Waals surface area contributed by atoms with Gasteiger partial charge in [-0.15, -0.1) is 6.58 Å². The second-order valence-corrected chi connectivity index (χ2v) is 4.39. The summed E-state index contributed by atoms with van der Waals surface area (Å²) in [5.41, 5.74) is 2.34. The highest BCUT2D eigenvalue weighted by atomic mass is 16.1. The fourth-order valence-corrected chi connectivity index (χ4v) is 2.04. The standard InChI is InChI=1S/C16H16O/c1-3-4-13-5-7-15-8-6-14(9-12(2)17)11-16(15)10-13/h3,5-8,10-11H,1,4,9H2,2H3. The highest BCUT2D eigenvalue weighted by Crippen LogP contribution is 2.19. The molecule has 2 rings (SSSR count). The van der Waals surface area contributed by atoms with E-state index in [2.05, 4.69) is 36.9 Å². The Morgan fingerprint density at radius 3 is 2.41 bits per heavy atom. The van der Waals surface area contributed by atoms with Crippen LogP contribution in [0.15, 0.2) is 49.1 Å². The van der Waals surface area contributed by atoms with E-state index in [1.807, 2.05) is 12.1 Å². The van der Waals surface area contributed by atoms with Gasteiger partial charge in [0, 0.05) is 6.42 Å². The topological polar surface area (TPSA) is 17.1 Å². The van der Waals surface area contributed by atoms with E-state index in [0.29, 0.717) is 6.42 Å². The van der Waals surface area contributed by atoms with Crippen molar-refractivity contribution in [1.82, 2.24) is 0 Å². The summed E-state index contributed by atoms with van der Waals surface area (Å²) in [6, 6.07) is 12.6. The van der Waals surface area contributed by atoms with Crippen LogP contribution in [0, 0.1) is 0 Å². The van der Waals surface area contributed by atoms with Crippen molar-refractivity contribution < 1.29 is 4.79 Å². The molecule has 17 heavy (non-hydrogen) atoms. The number of hydrogen-bond donors (Lipinski definition) is 0. The second kappa shape index (κ2) is 4.96. The normalized spacial score (nSPS) is 10.4. The van der Waals surface area contributed by atoms with Crippen LogP contribution in [0.4, 0.5) is 0 Å². The molecule has 2 aromatic carbocycles. The zero-order valence-corrected chi connectivity index (χ0v) is 10.1. The third kappa shape index (κ3) is 2.82. The maximum absolute atomic E-state index is 11.1. The third-order valence-electron chi connectivity index (χ3n) is 2.80. The number of benzene rings is 2. The van der Waals surface area contributed by atoms with Gasteiger partial charge in [0.05, 0.1) is 0 Å². The lowest BCUT2D eigenvalue weighted by Gasteiger charge is -2.04. The highest BCUT2D eigenvalue weighted by Gasteiger charge is 2.00. The number of carbonyl (C=O) groups excluding carboxylic acids is 1. The lowest BCUT2D eigenvalue weighted by Crippen LogP contribution is -1.95. The first-order valence-electron chi connectivity index (χ1n) is 5.81. The van der Waals surface area contributed by atoms with Crippen LogP contribution in [0.25, 0.3) is 10.8 Å². The molecule has 0 N–H and O–H groups in total. The quantitative estimate of drug-likeness (QED) is 0.724. The summed E-state index contributed by atoms with van der Waals surface area (Å²) >= 11 is 0. The van der Waals surface area contributed by atoms with E-state index in [1.54, 1.807) is 6.92 Å². The van der Waals surface area contributed by atoms with E-state index in [4.69, 9.17) is 0 Å². The molecule has 0 aliphatic carbocycles. The summed E-state index contributed by atoms with van der Waals surface area (Å²) < 4.78 is 0. The molecular weight excluding hydrogens is 208 g/mol. The number of rotatable bonds is 4. The van der Waals surface area contributed by atoms with Crippen LogP contribution in [0.5, 0.6) is 0 Å². The molecule has 0 aliphatic rings. The average molecular weight is 224 g/mol. The third-order valence-corrected chi connectivity index (χ3v) is 2.80.